The maximum atomic E-state index is 13.4. The fraction of sp³-hybridized carbons (Fsp3) is 0.636. The van der Waals surface area contributed by atoms with E-state index >= 15 is 0 Å². The minimum absolute atomic E-state index is 0.0593. The van der Waals surface area contributed by atoms with Crippen molar-refractivity contribution in [1.29, 1.82) is 0 Å². The number of aromatic nitrogens is 1. The highest BCUT2D eigenvalue weighted by molar-refractivity contribution is 6.04. The molecule has 0 atom stereocenters. The lowest BCUT2D eigenvalue weighted by Crippen LogP contribution is -2.04. The summed E-state index contributed by atoms with van der Waals surface area (Å²) in [7, 11) is 1.95. The van der Waals surface area contributed by atoms with Gasteiger partial charge in [0.2, 0.25) is 0 Å². The van der Waals surface area contributed by atoms with Gasteiger partial charge in [-0.15, -0.1) is 0 Å². The molecule has 0 fully saturated rings. The fourth-order valence-electron chi connectivity index (χ4n) is 5.42. The Kier molecular flexibility index (Phi) is 15.0. The summed E-state index contributed by atoms with van der Waals surface area (Å²) in [5, 5.41) is 9.24. The molecule has 0 saturated carbocycles. The number of benzene rings is 1. The standard InChI is InChI=1S/C33H51NO3/c1-4-5-6-7-8-9-10-11-12-13-14-15-16-17-21-24-30(35)32-27(2)34(3)29(25-26-31(36)37)33(32)28-22-19-18-20-23-28/h18-20,22-23H,4-17,21,24-26H2,1-3H3,(H,36,37). The molecule has 1 aromatic carbocycles. The van der Waals surface area contributed by atoms with E-state index in [1.165, 1.54) is 83.5 Å². The van der Waals surface area contributed by atoms with Crippen molar-refractivity contribution >= 4 is 11.8 Å². The van der Waals surface area contributed by atoms with Crippen LogP contribution in [0.15, 0.2) is 30.3 Å². The Balaban J connectivity index is 1.74. The molecule has 1 heterocycles. The average Bonchev–Trinajstić information content (AvgIpc) is 3.15. The third-order valence-electron chi connectivity index (χ3n) is 7.73. The number of Topliss-reactive ketones (excluding diaryl/α,β-unsaturated/α-hetero) is 1. The molecule has 0 aliphatic heterocycles. The molecule has 0 amide bonds. The van der Waals surface area contributed by atoms with E-state index in [-0.39, 0.29) is 12.2 Å². The second kappa shape index (κ2) is 18.0. The zero-order valence-electron chi connectivity index (χ0n) is 23.8. The van der Waals surface area contributed by atoms with Gasteiger partial charge in [-0.25, -0.2) is 0 Å². The molecular formula is C33H51NO3. The first kappa shape index (κ1) is 30.9. The number of aliphatic carboxylic acids is 1. The number of unbranched alkanes of at least 4 members (excludes halogenated alkanes) is 14. The van der Waals surface area contributed by atoms with Crippen molar-refractivity contribution in [3.05, 3.63) is 47.3 Å². The van der Waals surface area contributed by atoms with Crippen LogP contribution in [-0.4, -0.2) is 21.4 Å². The second-order valence-corrected chi connectivity index (χ2v) is 10.7. The molecule has 0 unspecified atom stereocenters. The molecule has 4 heteroatoms. The van der Waals surface area contributed by atoms with Gasteiger partial charge in [-0.1, -0.05) is 127 Å². The van der Waals surface area contributed by atoms with E-state index in [2.05, 4.69) is 6.92 Å². The molecule has 1 N–H and O–H groups in total. The first-order valence-corrected chi connectivity index (χ1v) is 15.0. The van der Waals surface area contributed by atoms with E-state index < -0.39 is 5.97 Å². The summed E-state index contributed by atoms with van der Waals surface area (Å²) in [5.74, 6) is -0.633. The van der Waals surface area contributed by atoms with Crippen LogP contribution in [0.5, 0.6) is 0 Å². The number of nitrogens with zero attached hydrogens (tertiary/aromatic N) is 1. The van der Waals surface area contributed by atoms with Crippen LogP contribution in [0.4, 0.5) is 0 Å². The van der Waals surface area contributed by atoms with Crippen molar-refractivity contribution in [2.24, 2.45) is 7.05 Å². The van der Waals surface area contributed by atoms with Crippen molar-refractivity contribution in [1.82, 2.24) is 4.57 Å². The molecule has 37 heavy (non-hydrogen) atoms. The van der Waals surface area contributed by atoms with Crippen LogP contribution in [-0.2, 0) is 18.3 Å². The van der Waals surface area contributed by atoms with Crippen LogP contribution < -0.4 is 0 Å². The number of ketones is 1. The Morgan fingerprint density at radius 1 is 0.730 bits per heavy atom. The van der Waals surface area contributed by atoms with Gasteiger partial charge in [0.05, 0.1) is 6.42 Å². The van der Waals surface area contributed by atoms with Crippen LogP contribution in [0.1, 0.15) is 138 Å². The predicted molar refractivity (Wildman–Crippen MR) is 155 cm³/mol. The van der Waals surface area contributed by atoms with Gasteiger partial charge in [-0.2, -0.15) is 0 Å². The number of carboxylic acid groups (broad SMARTS) is 1. The molecule has 206 valence electrons. The maximum Gasteiger partial charge on any atom is 0.303 e. The number of hydrogen-bond acceptors (Lipinski definition) is 2. The highest BCUT2D eigenvalue weighted by Gasteiger charge is 2.24. The summed E-state index contributed by atoms with van der Waals surface area (Å²) in [5.41, 5.74) is 4.56. The van der Waals surface area contributed by atoms with Crippen LogP contribution in [0.2, 0.25) is 0 Å². The van der Waals surface area contributed by atoms with Gasteiger partial charge in [-0.3, -0.25) is 9.59 Å². The fourth-order valence-corrected chi connectivity index (χ4v) is 5.42. The van der Waals surface area contributed by atoms with Crippen LogP contribution in [0, 0.1) is 6.92 Å². The van der Waals surface area contributed by atoms with E-state index in [0.29, 0.717) is 12.8 Å². The summed E-state index contributed by atoms with van der Waals surface area (Å²) < 4.78 is 2.02. The number of carbonyl (C=O) groups is 2. The van der Waals surface area contributed by atoms with Gasteiger partial charge < -0.3 is 9.67 Å². The third kappa shape index (κ3) is 10.9. The lowest BCUT2D eigenvalue weighted by atomic mass is 9.94. The maximum absolute atomic E-state index is 13.4. The summed E-state index contributed by atoms with van der Waals surface area (Å²) in [6.07, 6.45) is 20.7. The first-order chi connectivity index (χ1) is 18.0. The highest BCUT2D eigenvalue weighted by Crippen LogP contribution is 2.34. The average molecular weight is 510 g/mol. The lowest BCUT2D eigenvalue weighted by molar-refractivity contribution is -0.136. The van der Waals surface area contributed by atoms with E-state index in [0.717, 1.165) is 40.9 Å². The summed E-state index contributed by atoms with van der Waals surface area (Å²) in [6.45, 7) is 4.26. The SMILES string of the molecule is CCCCCCCCCCCCCCCCCC(=O)c1c(-c2ccccc2)c(CCC(=O)O)n(C)c1C. The van der Waals surface area contributed by atoms with Crippen molar-refractivity contribution < 1.29 is 14.7 Å². The van der Waals surface area contributed by atoms with Crippen molar-refractivity contribution in [2.75, 3.05) is 0 Å². The van der Waals surface area contributed by atoms with Crippen molar-refractivity contribution in [2.45, 2.75) is 129 Å². The normalized spacial score (nSPS) is 11.2. The monoisotopic (exact) mass is 509 g/mol. The van der Waals surface area contributed by atoms with E-state index in [1.807, 2.05) is 48.9 Å². The summed E-state index contributed by atoms with van der Waals surface area (Å²) in [6, 6.07) is 9.95. The highest BCUT2D eigenvalue weighted by atomic mass is 16.4. The molecular weight excluding hydrogens is 458 g/mol. The van der Waals surface area contributed by atoms with E-state index in [1.54, 1.807) is 0 Å². The van der Waals surface area contributed by atoms with Gasteiger partial charge in [0.25, 0.3) is 0 Å². The Morgan fingerprint density at radius 2 is 1.22 bits per heavy atom. The molecule has 0 bridgehead atoms. The van der Waals surface area contributed by atoms with Gasteiger partial charge in [0, 0.05) is 36.0 Å². The molecule has 4 nitrogen and oxygen atoms in total. The van der Waals surface area contributed by atoms with Crippen molar-refractivity contribution in [3.8, 4) is 11.1 Å². The lowest BCUT2D eigenvalue weighted by Gasteiger charge is -2.09. The minimum Gasteiger partial charge on any atom is -0.481 e. The van der Waals surface area contributed by atoms with Gasteiger partial charge in [0.15, 0.2) is 5.78 Å². The van der Waals surface area contributed by atoms with Gasteiger partial charge in [-0.05, 0) is 25.3 Å². The molecule has 2 rings (SSSR count). The molecule has 0 spiro atoms. The van der Waals surface area contributed by atoms with Crippen LogP contribution in [0.25, 0.3) is 11.1 Å². The first-order valence-electron chi connectivity index (χ1n) is 15.0. The van der Waals surface area contributed by atoms with Crippen LogP contribution in [0.3, 0.4) is 0 Å². The number of hydrogen-bond donors (Lipinski definition) is 1. The molecule has 1 aromatic heterocycles. The molecule has 0 aliphatic rings. The van der Waals surface area contributed by atoms with Gasteiger partial charge in [0.1, 0.15) is 0 Å². The largest absolute Gasteiger partial charge is 0.481 e. The quantitative estimate of drug-likeness (QED) is 0.135. The van der Waals surface area contributed by atoms with Crippen molar-refractivity contribution in [3.63, 3.8) is 0 Å². The topological polar surface area (TPSA) is 59.3 Å². The Labute approximate surface area is 225 Å². The number of rotatable bonds is 21. The molecule has 0 radical (unpaired) electrons. The number of carbonyl (C=O) groups excluding carboxylic acids is 1. The smallest absolute Gasteiger partial charge is 0.303 e. The Hall–Kier alpha value is -2.36. The molecule has 0 aliphatic carbocycles. The zero-order chi connectivity index (χ0) is 26.9. The van der Waals surface area contributed by atoms with Crippen LogP contribution >= 0.6 is 0 Å². The van der Waals surface area contributed by atoms with E-state index in [9.17, 15) is 14.7 Å². The molecule has 0 saturated heterocycles. The minimum atomic E-state index is -0.816. The van der Waals surface area contributed by atoms with Gasteiger partial charge >= 0.3 is 5.97 Å². The zero-order valence-corrected chi connectivity index (χ0v) is 23.8. The number of carboxylic acids is 1. The predicted octanol–water partition coefficient (Wildman–Crippen LogP) is 9.46. The Morgan fingerprint density at radius 3 is 1.70 bits per heavy atom. The summed E-state index contributed by atoms with van der Waals surface area (Å²) in [4.78, 5) is 24.6. The third-order valence-corrected chi connectivity index (χ3v) is 7.73. The molecule has 2 aromatic rings. The van der Waals surface area contributed by atoms with E-state index in [4.69, 9.17) is 0 Å². The summed E-state index contributed by atoms with van der Waals surface area (Å²) >= 11 is 0. The second-order valence-electron chi connectivity index (χ2n) is 10.7. The Bertz CT molecular complexity index is 929.